The van der Waals surface area contributed by atoms with Crippen molar-refractivity contribution in [1.29, 1.82) is 0 Å². The maximum absolute atomic E-state index is 11.4. The zero-order valence-corrected chi connectivity index (χ0v) is 17.4. The van der Waals surface area contributed by atoms with E-state index < -0.39 is 21.8 Å². The Morgan fingerprint density at radius 3 is 1.90 bits per heavy atom. The van der Waals surface area contributed by atoms with Crippen molar-refractivity contribution in [3.8, 4) is 0 Å². The third-order valence-corrected chi connectivity index (χ3v) is 4.18. The lowest BCUT2D eigenvalue weighted by molar-refractivity contribution is -0.385. The van der Waals surface area contributed by atoms with Crippen LogP contribution in [0.25, 0.3) is 6.08 Å². The largest absolute Gasteiger partial charge is 0.464 e. The average molecular weight is 438 g/mol. The van der Waals surface area contributed by atoms with Crippen molar-refractivity contribution in [1.82, 2.24) is 9.13 Å². The third kappa shape index (κ3) is 5.33. The fourth-order valence-corrected chi connectivity index (χ4v) is 2.87. The van der Waals surface area contributed by atoms with Crippen molar-refractivity contribution >= 4 is 29.4 Å². The number of aliphatic hydroxyl groups excluding tert-OH is 1. The van der Waals surface area contributed by atoms with E-state index >= 15 is 0 Å². The number of carbonyl (C=O) groups is 2. The van der Waals surface area contributed by atoms with E-state index in [1.54, 1.807) is 0 Å². The van der Waals surface area contributed by atoms with Gasteiger partial charge in [0.2, 0.25) is 0 Å². The Kier molecular flexibility index (Phi) is 8.63. The molecule has 0 aromatic carbocycles. The molecule has 0 saturated heterocycles. The fourth-order valence-electron chi connectivity index (χ4n) is 2.87. The first kappa shape index (κ1) is 25.0. The van der Waals surface area contributed by atoms with Crippen LogP contribution in [-0.2, 0) is 30.0 Å². The molecule has 0 atom stereocenters. The summed E-state index contributed by atoms with van der Waals surface area (Å²) in [4.78, 5) is 43.0. The lowest BCUT2D eigenvalue weighted by Gasteiger charge is -2.03. The molecule has 0 unspecified atom stereocenters. The van der Waals surface area contributed by atoms with Crippen LogP contribution in [0.1, 0.15) is 32.1 Å². The molecule has 13 heteroatoms. The Morgan fingerprint density at radius 2 is 1.48 bits per heavy atom. The van der Waals surface area contributed by atoms with E-state index in [2.05, 4.69) is 16.1 Å². The highest BCUT2D eigenvalue weighted by atomic mass is 16.6. The topological polar surface area (TPSA) is 169 Å². The van der Waals surface area contributed by atoms with Gasteiger partial charge in [-0.15, -0.1) is 0 Å². The van der Waals surface area contributed by atoms with E-state index in [1.165, 1.54) is 55.9 Å². The number of hydrogen-bond acceptors (Lipinski definition) is 9. The number of aryl methyl sites for hydroxylation is 2. The molecule has 2 aromatic rings. The first-order chi connectivity index (χ1) is 14.5. The summed E-state index contributed by atoms with van der Waals surface area (Å²) in [5, 5.41) is 30.2. The molecule has 0 radical (unpaired) electrons. The molecule has 0 aliphatic carbocycles. The quantitative estimate of drug-likeness (QED) is 0.383. The number of esters is 2. The second kappa shape index (κ2) is 10.7. The number of methoxy groups -OCH3 is 2. The average Bonchev–Trinajstić information content (AvgIpc) is 3.24. The van der Waals surface area contributed by atoms with Crippen LogP contribution in [0.15, 0.2) is 19.0 Å². The number of nitro groups is 2. The predicted molar refractivity (Wildman–Crippen MR) is 108 cm³/mol. The number of aromatic nitrogens is 2. The molecule has 0 aliphatic heterocycles. The zero-order chi connectivity index (χ0) is 23.9. The van der Waals surface area contributed by atoms with E-state index in [4.69, 9.17) is 5.11 Å². The summed E-state index contributed by atoms with van der Waals surface area (Å²) in [6, 6.07) is 0. The Morgan fingerprint density at radius 1 is 1.03 bits per heavy atom. The van der Waals surface area contributed by atoms with E-state index in [-0.39, 0.29) is 46.9 Å². The second-order valence-electron chi connectivity index (χ2n) is 6.02. The Balaban J connectivity index is 0.000000311. The van der Waals surface area contributed by atoms with Gasteiger partial charge < -0.3 is 23.7 Å². The van der Waals surface area contributed by atoms with Crippen LogP contribution in [0.2, 0.25) is 0 Å². The van der Waals surface area contributed by atoms with Crippen LogP contribution in [-0.4, -0.2) is 56.9 Å². The van der Waals surface area contributed by atoms with Crippen LogP contribution in [0, 0.1) is 20.2 Å². The third-order valence-electron chi connectivity index (χ3n) is 4.18. The van der Waals surface area contributed by atoms with Gasteiger partial charge in [0.1, 0.15) is 11.4 Å². The molecule has 31 heavy (non-hydrogen) atoms. The summed E-state index contributed by atoms with van der Waals surface area (Å²) < 4.78 is 11.7. The molecule has 13 nitrogen and oxygen atoms in total. The van der Waals surface area contributed by atoms with Crippen LogP contribution in [0.5, 0.6) is 0 Å². The van der Waals surface area contributed by atoms with Gasteiger partial charge in [-0.05, 0) is 0 Å². The molecule has 0 saturated carbocycles. The van der Waals surface area contributed by atoms with Gasteiger partial charge in [0.05, 0.1) is 47.6 Å². The van der Waals surface area contributed by atoms with E-state index in [9.17, 15) is 29.8 Å². The predicted octanol–water partition coefficient (Wildman–Crippen LogP) is 1.62. The first-order valence-electron chi connectivity index (χ1n) is 8.61. The number of nitrogens with zero attached hydrogens (tertiary/aromatic N) is 4. The number of aliphatic hydroxyl groups is 1. The van der Waals surface area contributed by atoms with Gasteiger partial charge >= 0.3 is 11.9 Å². The molecule has 0 amide bonds. The molecule has 0 spiro atoms. The Labute approximate surface area is 176 Å². The van der Waals surface area contributed by atoms with Gasteiger partial charge in [-0.1, -0.05) is 12.7 Å². The minimum Gasteiger partial charge on any atom is -0.464 e. The summed E-state index contributed by atoms with van der Waals surface area (Å²) in [5.74, 6) is -1.28. The van der Waals surface area contributed by atoms with E-state index in [0.29, 0.717) is 0 Å². The smallest absolute Gasteiger partial charge is 0.355 e. The van der Waals surface area contributed by atoms with Crippen molar-refractivity contribution in [2.75, 3.05) is 20.8 Å². The summed E-state index contributed by atoms with van der Waals surface area (Å²) in [6.07, 6.45) is 3.80. The first-order valence-corrected chi connectivity index (χ1v) is 8.61. The van der Waals surface area contributed by atoms with Crippen molar-refractivity contribution in [3.05, 3.63) is 61.7 Å². The SMILES string of the molecule is C=Cc1c([N+](=O)[O-])cn(C)c1C(=O)OC.COC(=O)c1c(CCO)c([N+](=O)[O-])cn1C. The van der Waals surface area contributed by atoms with Crippen molar-refractivity contribution in [2.45, 2.75) is 6.42 Å². The fraction of sp³-hybridized carbons (Fsp3) is 0.333. The molecule has 2 aromatic heterocycles. The molecule has 2 rings (SSSR count). The van der Waals surface area contributed by atoms with E-state index in [0.717, 1.165) is 0 Å². The van der Waals surface area contributed by atoms with Crippen LogP contribution in [0.4, 0.5) is 11.4 Å². The molecular weight excluding hydrogens is 416 g/mol. The Hall–Kier alpha value is -4.00. The molecule has 0 fully saturated rings. The monoisotopic (exact) mass is 438 g/mol. The van der Waals surface area contributed by atoms with Gasteiger partial charge in [-0.3, -0.25) is 20.2 Å². The lowest BCUT2D eigenvalue weighted by Crippen LogP contribution is -2.11. The van der Waals surface area contributed by atoms with Gasteiger partial charge in [0, 0.05) is 27.1 Å². The molecule has 1 N–H and O–H groups in total. The second-order valence-corrected chi connectivity index (χ2v) is 6.02. The van der Waals surface area contributed by atoms with Crippen LogP contribution >= 0.6 is 0 Å². The van der Waals surface area contributed by atoms with Gasteiger partial charge in [0.15, 0.2) is 0 Å². The summed E-state index contributed by atoms with van der Waals surface area (Å²) in [7, 11) is 5.46. The van der Waals surface area contributed by atoms with Gasteiger partial charge in [-0.2, -0.15) is 0 Å². The molecular formula is C18H22N4O9. The van der Waals surface area contributed by atoms with Crippen molar-refractivity contribution in [3.63, 3.8) is 0 Å². The summed E-state index contributed by atoms with van der Waals surface area (Å²) in [6.45, 7) is 3.17. The van der Waals surface area contributed by atoms with Crippen LogP contribution in [0.3, 0.4) is 0 Å². The number of ether oxygens (including phenoxy) is 2. The standard InChI is InChI=1S/C9H12N2O5.C9H10N2O4/c1-10-5-7(11(14)15)6(3-4-12)8(10)9(13)16-2;1-4-6-7(11(13)14)5-10(2)8(6)9(12)15-3/h5,12H,3-4H2,1-2H3;4-5H,1H2,2-3H3. The van der Waals surface area contributed by atoms with Crippen LogP contribution < -0.4 is 0 Å². The Bertz CT molecular complexity index is 1020. The number of rotatable bonds is 7. The molecule has 0 bridgehead atoms. The molecule has 2 heterocycles. The number of carbonyl (C=O) groups excluding carboxylic acids is 2. The maximum atomic E-state index is 11.4. The van der Waals surface area contributed by atoms with Crippen molar-refractivity contribution < 1.29 is 34.0 Å². The van der Waals surface area contributed by atoms with E-state index in [1.807, 2.05) is 0 Å². The van der Waals surface area contributed by atoms with Gasteiger partial charge in [0.25, 0.3) is 11.4 Å². The minimum absolute atomic E-state index is 0.0432. The summed E-state index contributed by atoms with van der Waals surface area (Å²) in [5.41, 5.74) is 0.253. The van der Waals surface area contributed by atoms with Crippen molar-refractivity contribution in [2.24, 2.45) is 14.1 Å². The highest BCUT2D eigenvalue weighted by Crippen LogP contribution is 2.26. The highest BCUT2D eigenvalue weighted by Gasteiger charge is 2.27. The summed E-state index contributed by atoms with van der Waals surface area (Å²) >= 11 is 0. The lowest BCUT2D eigenvalue weighted by atomic mass is 10.1. The number of hydrogen-bond donors (Lipinski definition) is 1. The molecule has 0 aliphatic rings. The maximum Gasteiger partial charge on any atom is 0.355 e. The normalized spacial score (nSPS) is 9.97. The zero-order valence-electron chi connectivity index (χ0n) is 17.4. The molecule has 168 valence electrons. The highest BCUT2D eigenvalue weighted by molar-refractivity contribution is 5.94. The minimum atomic E-state index is -0.654. The van der Waals surface area contributed by atoms with Gasteiger partial charge in [-0.25, -0.2) is 9.59 Å².